The lowest BCUT2D eigenvalue weighted by Gasteiger charge is -2.27. The Morgan fingerprint density at radius 1 is 1.21 bits per heavy atom. The van der Waals surface area contributed by atoms with Gasteiger partial charge in [-0.05, 0) is 37.8 Å². The molecule has 0 amide bonds. The van der Waals surface area contributed by atoms with Gasteiger partial charge in [-0.3, -0.25) is 4.90 Å². The fraction of sp³-hybridized carbons (Fsp3) is 0.636. The molecule has 2 aromatic rings. The molecule has 0 unspecified atom stereocenters. The minimum atomic E-state index is -2.79. The van der Waals surface area contributed by atoms with Crippen LogP contribution in [0, 0.1) is 0 Å². The van der Waals surface area contributed by atoms with E-state index in [1.165, 1.54) is 4.88 Å². The van der Waals surface area contributed by atoms with Crippen molar-refractivity contribution in [3.63, 3.8) is 0 Å². The molecule has 3 N–H and O–H groups in total. The molecular weight excluding hydrogens is 452 g/mol. The number of ether oxygens (including phenoxy) is 2. The van der Waals surface area contributed by atoms with Gasteiger partial charge in [0.1, 0.15) is 5.82 Å². The van der Waals surface area contributed by atoms with E-state index in [2.05, 4.69) is 42.4 Å². The Balaban J connectivity index is 1.47. The highest BCUT2D eigenvalue weighted by Crippen LogP contribution is 2.34. The zero-order chi connectivity index (χ0) is 23.0. The average molecular weight is 484 g/mol. The van der Waals surface area contributed by atoms with Crippen LogP contribution in [-0.2, 0) is 16.0 Å². The molecule has 33 heavy (non-hydrogen) atoms. The van der Waals surface area contributed by atoms with Crippen molar-refractivity contribution in [2.75, 3.05) is 50.1 Å². The van der Waals surface area contributed by atoms with E-state index in [1.54, 1.807) is 17.5 Å². The van der Waals surface area contributed by atoms with E-state index in [4.69, 9.17) is 4.74 Å². The van der Waals surface area contributed by atoms with Gasteiger partial charge in [-0.15, -0.1) is 11.3 Å². The minimum absolute atomic E-state index is 0.137. The summed E-state index contributed by atoms with van der Waals surface area (Å²) in [5, 5.41) is 16.3. The number of aromatic nitrogens is 2. The van der Waals surface area contributed by atoms with Crippen molar-refractivity contribution >= 4 is 23.1 Å². The quantitative estimate of drug-likeness (QED) is 0.443. The molecule has 1 aliphatic carbocycles. The van der Waals surface area contributed by atoms with Crippen molar-refractivity contribution in [2.45, 2.75) is 51.0 Å². The van der Waals surface area contributed by atoms with Crippen LogP contribution in [0.2, 0.25) is 0 Å². The van der Waals surface area contributed by atoms with E-state index in [-0.39, 0.29) is 25.3 Å². The zero-order valence-electron chi connectivity index (χ0n) is 18.5. The summed E-state index contributed by atoms with van der Waals surface area (Å²) >= 11 is 1.72. The maximum Gasteiger partial charge on any atom is 0.345 e. The van der Waals surface area contributed by atoms with Crippen LogP contribution in [0.25, 0.3) is 10.4 Å². The van der Waals surface area contributed by atoms with Crippen LogP contribution < -0.4 is 10.6 Å². The lowest BCUT2D eigenvalue weighted by Crippen LogP contribution is -2.35. The number of halogens is 2. The molecule has 0 aromatic carbocycles. The fourth-order valence-electron chi connectivity index (χ4n) is 4.07. The smallest absolute Gasteiger partial charge is 0.345 e. The number of thiophene rings is 1. The summed E-state index contributed by atoms with van der Waals surface area (Å²) in [6, 6.07) is 4.45. The minimum Gasteiger partial charge on any atom is -0.393 e. The molecule has 1 saturated heterocycles. The van der Waals surface area contributed by atoms with Gasteiger partial charge in [0.2, 0.25) is 5.95 Å². The molecule has 1 saturated carbocycles. The Labute approximate surface area is 196 Å². The monoisotopic (exact) mass is 483 g/mol. The molecule has 8 nitrogen and oxygen atoms in total. The van der Waals surface area contributed by atoms with Crippen LogP contribution >= 0.6 is 11.3 Å². The predicted molar refractivity (Wildman–Crippen MR) is 124 cm³/mol. The summed E-state index contributed by atoms with van der Waals surface area (Å²) in [7, 11) is 0. The molecule has 0 atom stereocenters. The number of hydrogen-bond acceptors (Lipinski definition) is 9. The largest absolute Gasteiger partial charge is 0.393 e. The molecule has 11 heteroatoms. The van der Waals surface area contributed by atoms with Gasteiger partial charge < -0.3 is 25.2 Å². The molecule has 182 valence electrons. The van der Waals surface area contributed by atoms with Crippen LogP contribution in [0.5, 0.6) is 0 Å². The van der Waals surface area contributed by atoms with Crippen molar-refractivity contribution in [3.05, 3.63) is 23.2 Å². The molecule has 0 spiro atoms. The third kappa shape index (κ3) is 7.28. The highest BCUT2D eigenvalue weighted by atomic mass is 32.1. The Hall–Kier alpha value is -1.92. The van der Waals surface area contributed by atoms with Crippen LogP contribution in [0.4, 0.5) is 20.5 Å². The van der Waals surface area contributed by atoms with Gasteiger partial charge in [-0.25, -0.2) is 4.98 Å². The molecule has 2 aliphatic rings. The Morgan fingerprint density at radius 3 is 2.76 bits per heavy atom. The Kier molecular flexibility index (Phi) is 8.79. The first-order valence-electron chi connectivity index (χ1n) is 11.4. The Morgan fingerprint density at radius 2 is 2.00 bits per heavy atom. The highest BCUT2D eigenvalue weighted by molar-refractivity contribution is 7.15. The first kappa shape index (κ1) is 24.2. The van der Waals surface area contributed by atoms with Crippen molar-refractivity contribution in [2.24, 2.45) is 0 Å². The number of aliphatic hydroxyl groups is 1. The third-order valence-electron chi connectivity index (χ3n) is 5.87. The number of hydrogen-bond donors (Lipinski definition) is 3. The molecule has 0 radical (unpaired) electrons. The van der Waals surface area contributed by atoms with Crippen molar-refractivity contribution < 1.29 is 23.4 Å². The molecule has 3 heterocycles. The summed E-state index contributed by atoms with van der Waals surface area (Å²) in [6.07, 6.45) is 4.78. The van der Waals surface area contributed by atoms with Crippen LogP contribution in [-0.4, -0.2) is 78.2 Å². The number of nitrogens with one attached hydrogen (secondary N) is 2. The van der Waals surface area contributed by atoms with E-state index in [0.29, 0.717) is 11.8 Å². The predicted octanol–water partition coefficient (Wildman–Crippen LogP) is 3.40. The van der Waals surface area contributed by atoms with Gasteiger partial charge in [-0.1, -0.05) is 0 Å². The summed E-state index contributed by atoms with van der Waals surface area (Å²) in [6.45, 7) is 1.56. The first-order chi connectivity index (χ1) is 16.1. The first-order valence-corrected chi connectivity index (χ1v) is 12.2. The van der Waals surface area contributed by atoms with E-state index in [0.717, 1.165) is 69.0 Å². The second kappa shape index (κ2) is 12.0. The summed E-state index contributed by atoms with van der Waals surface area (Å²) in [5.41, 5.74) is 0.911. The molecule has 2 fully saturated rings. The van der Waals surface area contributed by atoms with Gasteiger partial charge in [0.15, 0.2) is 0 Å². The lowest BCUT2D eigenvalue weighted by molar-refractivity contribution is -0.125. The van der Waals surface area contributed by atoms with E-state index in [1.807, 2.05) is 0 Å². The summed E-state index contributed by atoms with van der Waals surface area (Å²) in [5.74, 6) is 1.07. The number of aliphatic hydroxyl groups excluding tert-OH is 1. The van der Waals surface area contributed by atoms with Gasteiger partial charge in [0.25, 0.3) is 0 Å². The van der Waals surface area contributed by atoms with Crippen molar-refractivity contribution in [3.8, 4) is 10.4 Å². The normalized spacial score (nSPS) is 21.9. The van der Waals surface area contributed by atoms with Gasteiger partial charge in [0.05, 0.1) is 31.5 Å². The third-order valence-corrected chi connectivity index (χ3v) is 6.97. The van der Waals surface area contributed by atoms with E-state index >= 15 is 0 Å². The number of morpholine rings is 1. The topological polar surface area (TPSA) is 91.8 Å². The number of anilines is 2. The maximum atomic E-state index is 12.2. The average Bonchev–Trinajstić information content (AvgIpc) is 3.27. The second-order valence-corrected chi connectivity index (χ2v) is 9.49. The molecule has 0 bridgehead atoms. The van der Waals surface area contributed by atoms with Crippen molar-refractivity contribution in [1.82, 2.24) is 14.9 Å². The van der Waals surface area contributed by atoms with Gasteiger partial charge in [0, 0.05) is 48.2 Å². The SMILES string of the molecule is OC1CCC(Nc2nc(NCCOC(F)F)ncc2-c2ccc(CN3CCOCC3)s2)CC1. The zero-order valence-corrected chi connectivity index (χ0v) is 19.3. The number of rotatable bonds is 10. The second-order valence-electron chi connectivity index (χ2n) is 8.32. The van der Waals surface area contributed by atoms with Crippen LogP contribution in [0.3, 0.4) is 0 Å². The highest BCUT2D eigenvalue weighted by Gasteiger charge is 2.22. The maximum absolute atomic E-state index is 12.2. The van der Waals surface area contributed by atoms with E-state index in [9.17, 15) is 13.9 Å². The number of nitrogens with zero attached hydrogens (tertiary/aromatic N) is 3. The van der Waals surface area contributed by atoms with Crippen LogP contribution in [0.1, 0.15) is 30.6 Å². The van der Waals surface area contributed by atoms with Gasteiger partial charge in [-0.2, -0.15) is 13.8 Å². The number of alkyl halides is 2. The molecular formula is C22H31F2N5O3S. The molecule has 4 rings (SSSR count). The fourth-order valence-corrected chi connectivity index (χ4v) is 5.13. The van der Waals surface area contributed by atoms with E-state index < -0.39 is 6.61 Å². The van der Waals surface area contributed by atoms with Crippen molar-refractivity contribution in [1.29, 1.82) is 0 Å². The summed E-state index contributed by atoms with van der Waals surface area (Å²) < 4.78 is 34.1. The molecule has 1 aliphatic heterocycles. The van der Waals surface area contributed by atoms with Crippen LogP contribution in [0.15, 0.2) is 18.3 Å². The summed E-state index contributed by atoms with van der Waals surface area (Å²) in [4.78, 5) is 13.8. The Bertz CT molecular complexity index is 873. The van der Waals surface area contributed by atoms with Gasteiger partial charge >= 0.3 is 6.61 Å². The molecule has 2 aromatic heterocycles. The standard InChI is InChI=1S/C22H31F2N5O3S/c23-21(24)32-10-7-25-22-26-13-18(20(28-22)27-15-1-3-16(30)4-2-15)19-6-5-17(33-19)14-29-8-11-31-12-9-29/h5-6,13,15-16,21,30H,1-4,7-12,14H2,(H2,25,26,27,28). The lowest BCUT2D eigenvalue weighted by atomic mass is 9.93.